The molecule has 142 valence electrons. The summed E-state index contributed by atoms with van der Waals surface area (Å²) in [5.41, 5.74) is 2.15. The highest BCUT2D eigenvalue weighted by atomic mass is 16.5. The van der Waals surface area contributed by atoms with Gasteiger partial charge in [-0.2, -0.15) is 0 Å². The molecular formula is C23H32O3. The normalized spacial score (nSPS) is 11.9. The lowest BCUT2D eigenvalue weighted by atomic mass is 10.0. The minimum Gasteiger partial charge on any atom is -0.463 e. The summed E-state index contributed by atoms with van der Waals surface area (Å²) in [7, 11) is 0. The van der Waals surface area contributed by atoms with Gasteiger partial charge in [-0.15, -0.1) is 0 Å². The highest BCUT2D eigenvalue weighted by Gasteiger charge is 2.23. The summed E-state index contributed by atoms with van der Waals surface area (Å²) in [4.78, 5) is 11.2. The lowest BCUT2D eigenvalue weighted by molar-refractivity contribution is -0.151. The number of benzene rings is 2. The van der Waals surface area contributed by atoms with Crippen LogP contribution in [0.1, 0.15) is 51.7 Å². The van der Waals surface area contributed by atoms with Crippen molar-refractivity contribution in [2.24, 2.45) is 0 Å². The number of carbonyl (C=O) groups excluding carboxylic acids is 1. The van der Waals surface area contributed by atoms with Crippen LogP contribution in [0.2, 0.25) is 0 Å². The van der Waals surface area contributed by atoms with Crippen LogP contribution in [-0.2, 0) is 20.9 Å². The maximum atomic E-state index is 11.2. The SMILES string of the molecule is CCC(=O)OC(C)CC(C)(C)OCc1ccccc1.Cc1ccccc1. The van der Waals surface area contributed by atoms with E-state index in [9.17, 15) is 4.79 Å². The van der Waals surface area contributed by atoms with E-state index in [4.69, 9.17) is 9.47 Å². The third-order valence-electron chi connectivity index (χ3n) is 3.81. The molecule has 1 atom stereocenters. The second-order valence-electron chi connectivity index (χ2n) is 7.05. The predicted octanol–water partition coefficient (Wildman–Crippen LogP) is 5.71. The molecule has 2 aromatic rings. The highest BCUT2D eigenvalue weighted by molar-refractivity contribution is 5.69. The third-order valence-corrected chi connectivity index (χ3v) is 3.81. The van der Waals surface area contributed by atoms with Crippen LogP contribution in [-0.4, -0.2) is 17.7 Å². The van der Waals surface area contributed by atoms with Crippen molar-refractivity contribution < 1.29 is 14.3 Å². The maximum Gasteiger partial charge on any atom is 0.305 e. The van der Waals surface area contributed by atoms with E-state index in [-0.39, 0.29) is 17.7 Å². The Balaban J connectivity index is 0.000000401. The van der Waals surface area contributed by atoms with Crippen LogP contribution in [0.15, 0.2) is 60.7 Å². The zero-order valence-electron chi connectivity index (χ0n) is 16.7. The van der Waals surface area contributed by atoms with E-state index in [1.54, 1.807) is 6.92 Å². The van der Waals surface area contributed by atoms with Gasteiger partial charge in [0.1, 0.15) is 6.10 Å². The van der Waals surface area contributed by atoms with E-state index in [2.05, 4.69) is 19.1 Å². The standard InChI is InChI=1S/C16H24O3.C7H8/c1-5-15(17)19-13(2)11-16(3,4)18-12-14-9-7-6-8-10-14;1-7-5-3-2-4-6-7/h6-10,13H,5,11-12H2,1-4H3;2-6H,1H3. The molecule has 26 heavy (non-hydrogen) atoms. The molecule has 0 aliphatic rings. The number of hydrogen-bond donors (Lipinski definition) is 0. The van der Waals surface area contributed by atoms with Gasteiger partial charge in [-0.3, -0.25) is 4.79 Å². The van der Waals surface area contributed by atoms with Crippen LogP contribution in [0, 0.1) is 6.92 Å². The van der Waals surface area contributed by atoms with Crippen LogP contribution < -0.4 is 0 Å². The van der Waals surface area contributed by atoms with Crippen molar-refractivity contribution in [3.8, 4) is 0 Å². The van der Waals surface area contributed by atoms with Gasteiger partial charge < -0.3 is 9.47 Å². The smallest absolute Gasteiger partial charge is 0.305 e. The van der Waals surface area contributed by atoms with Crippen molar-refractivity contribution in [3.63, 3.8) is 0 Å². The Bertz CT molecular complexity index is 620. The molecule has 0 fully saturated rings. The molecule has 2 aromatic carbocycles. The van der Waals surface area contributed by atoms with Crippen LogP contribution >= 0.6 is 0 Å². The summed E-state index contributed by atoms with van der Waals surface area (Å²) in [6, 6.07) is 20.3. The summed E-state index contributed by atoms with van der Waals surface area (Å²) in [5.74, 6) is -0.161. The fourth-order valence-corrected chi connectivity index (χ4v) is 2.49. The molecule has 0 aromatic heterocycles. The van der Waals surface area contributed by atoms with E-state index >= 15 is 0 Å². The van der Waals surface area contributed by atoms with Gasteiger partial charge in [0, 0.05) is 12.8 Å². The van der Waals surface area contributed by atoms with Gasteiger partial charge in [-0.05, 0) is 33.3 Å². The Morgan fingerprint density at radius 2 is 1.54 bits per heavy atom. The van der Waals surface area contributed by atoms with Gasteiger partial charge in [-0.1, -0.05) is 73.2 Å². The first-order valence-electron chi connectivity index (χ1n) is 9.21. The lowest BCUT2D eigenvalue weighted by Crippen LogP contribution is -2.31. The molecule has 0 spiro atoms. The summed E-state index contributed by atoms with van der Waals surface area (Å²) in [6.07, 6.45) is 0.972. The van der Waals surface area contributed by atoms with Crippen molar-refractivity contribution in [1.82, 2.24) is 0 Å². The summed E-state index contributed by atoms with van der Waals surface area (Å²) >= 11 is 0. The Morgan fingerprint density at radius 3 is 2.00 bits per heavy atom. The summed E-state index contributed by atoms with van der Waals surface area (Å²) in [6.45, 7) is 10.4. The summed E-state index contributed by atoms with van der Waals surface area (Å²) in [5, 5.41) is 0. The first-order chi connectivity index (χ1) is 12.3. The molecular weight excluding hydrogens is 324 g/mol. The van der Waals surface area contributed by atoms with E-state index in [0.717, 1.165) is 5.56 Å². The summed E-state index contributed by atoms with van der Waals surface area (Å²) < 4.78 is 11.2. The molecule has 1 unspecified atom stereocenters. The lowest BCUT2D eigenvalue weighted by Gasteiger charge is -2.28. The van der Waals surface area contributed by atoms with Gasteiger partial charge in [0.15, 0.2) is 0 Å². The van der Waals surface area contributed by atoms with Crippen LogP contribution in [0.25, 0.3) is 0 Å². The van der Waals surface area contributed by atoms with Crippen LogP contribution in [0.4, 0.5) is 0 Å². The third kappa shape index (κ3) is 10.00. The largest absolute Gasteiger partial charge is 0.463 e. The van der Waals surface area contributed by atoms with Crippen molar-refractivity contribution >= 4 is 5.97 Å². The zero-order chi connectivity index (χ0) is 19.4. The van der Waals surface area contributed by atoms with Gasteiger partial charge in [0.05, 0.1) is 12.2 Å². The number of aryl methyl sites for hydroxylation is 1. The molecule has 0 bridgehead atoms. The van der Waals surface area contributed by atoms with E-state index in [1.165, 1.54) is 5.56 Å². The number of carbonyl (C=O) groups is 1. The average molecular weight is 357 g/mol. The molecule has 0 radical (unpaired) electrons. The molecule has 2 rings (SSSR count). The first-order valence-corrected chi connectivity index (χ1v) is 9.21. The first kappa shape index (κ1) is 21.9. The molecule has 0 aliphatic heterocycles. The highest BCUT2D eigenvalue weighted by Crippen LogP contribution is 2.20. The Labute approximate surface area is 158 Å². The zero-order valence-corrected chi connectivity index (χ0v) is 16.7. The minimum absolute atomic E-state index is 0.127. The average Bonchev–Trinajstić information content (AvgIpc) is 2.61. The fraction of sp³-hybridized carbons (Fsp3) is 0.435. The number of hydrogen-bond acceptors (Lipinski definition) is 3. The van der Waals surface area contributed by atoms with Crippen molar-refractivity contribution in [3.05, 3.63) is 71.8 Å². The maximum absolute atomic E-state index is 11.2. The minimum atomic E-state index is -0.316. The second-order valence-corrected chi connectivity index (χ2v) is 7.05. The quantitative estimate of drug-likeness (QED) is 0.596. The Hall–Kier alpha value is -2.13. The second kappa shape index (κ2) is 11.5. The fourth-order valence-electron chi connectivity index (χ4n) is 2.49. The van der Waals surface area contributed by atoms with E-state index in [1.807, 2.05) is 69.3 Å². The van der Waals surface area contributed by atoms with E-state index < -0.39 is 0 Å². The molecule has 0 heterocycles. The Morgan fingerprint density at radius 1 is 1.00 bits per heavy atom. The van der Waals surface area contributed by atoms with Gasteiger partial charge >= 0.3 is 5.97 Å². The Kier molecular flexibility index (Phi) is 9.67. The number of rotatable bonds is 7. The monoisotopic (exact) mass is 356 g/mol. The van der Waals surface area contributed by atoms with Crippen molar-refractivity contribution in [2.45, 2.75) is 65.8 Å². The van der Waals surface area contributed by atoms with Gasteiger partial charge in [0.25, 0.3) is 0 Å². The number of esters is 1. The molecule has 3 heteroatoms. The number of ether oxygens (including phenoxy) is 2. The molecule has 0 N–H and O–H groups in total. The topological polar surface area (TPSA) is 35.5 Å². The van der Waals surface area contributed by atoms with Crippen molar-refractivity contribution in [1.29, 1.82) is 0 Å². The predicted molar refractivity (Wildman–Crippen MR) is 107 cm³/mol. The van der Waals surface area contributed by atoms with Crippen LogP contribution in [0.5, 0.6) is 0 Å². The molecule has 3 nitrogen and oxygen atoms in total. The van der Waals surface area contributed by atoms with Gasteiger partial charge in [-0.25, -0.2) is 0 Å². The van der Waals surface area contributed by atoms with E-state index in [0.29, 0.717) is 19.4 Å². The molecule has 0 amide bonds. The molecule has 0 saturated heterocycles. The molecule has 0 saturated carbocycles. The van der Waals surface area contributed by atoms with Crippen molar-refractivity contribution in [2.75, 3.05) is 0 Å². The van der Waals surface area contributed by atoms with Gasteiger partial charge in [0.2, 0.25) is 0 Å². The van der Waals surface area contributed by atoms with Crippen LogP contribution in [0.3, 0.4) is 0 Å². The molecule has 0 aliphatic carbocycles.